The van der Waals surface area contributed by atoms with Gasteiger partial charge in [0.1, 0.15) is 0 Å². The Kier molecular flexibility index (Phi) is 2.33. The Morgan fingerprint density at radius 2 is 2.21 bits per heavy atom. The molecule has 0 spiro atoms. The van der Waals surface area contributed by atoms with Crippen molar-refractivity contribution in [3.05, 3.63) is 22.9 Å². The molecule has 0 radical (unpaired) electrons. The molecule has 2 rings (SSSR count). The Bertz CT molecular complexity index is 416. The minimum absolute atomic E-state index is 0.904. The molecular weight excluding hydrogens is 244 g/mol. The van der Waals surface area contributed by atoms with Crippen LogP contribution in [0.25, 0.3) is 11.3 Å². The summed E-state index contributed by atoms with van der Waals surface area (Å²) in [6.07, 6.45) is 3.82. The Labute approximate surface area is 90.5 Å². The lowest BCUT2D eigenvalue weighted by molar-refractivity contribution is 1.01. The maximum absolute atomic E-state index is 4.21. The number of rotatable bonds is 2. The van der Waals surface area contributed by atoms with E-state index in [0.717, 1.165) is 21.5 Å². The molecule has 0 aliphatic heterocycles. The van der Waals surface area contributed by atoms with Crippen LogP contribution in [0.4, 0.5) is 5.82 Å². The minimum Gasteiger partial charge on any atom is -0.367 e. The zero-order chi connectivity index (χ0) is 10.1. The van der Waals surface area contributed by atoms with E-state index in [-0.39, 0.29) is 0 Å². The number of H-pyrrole nitrogens is 2. The largest absolute Gasteiger partial charge is 0.367 e. The van der Waals surface area contributed by atoms with Gasteiger partial charge in [-0.3, -0.25) is 5.10 Å². The third-order valence-electron chi connectivity index (χ3n) is 2.00. The third-order valence-corrected chi connectivity index (χ3v) is 2.75. The van der Waals surface area contributed by atoms with Crippen molar-refractivity contribution >= 4 is 21.7 Å². The van der Waals surface area contributed by atoms with Crippen LogP contribution in [0.1, 0.15) is 0 Å². The van der Waals surface area contributed by atoms with E-state index in [1.165, 1.54) is 0 Å². The number of anilines is 1. The average Bonchev–Trinajstić information content (AvgIpc) is 2.71. The van der Waals surface area contributed by atoms with Gasteiger partial charge in [0, 0.05) is 32.1 Å². The number of nitrogens with one attached hydrogen (secondary N) is 2. The zero-order valence-corrected chi connectivity index (χ0v) is 9.59. The lowest BCUT2D eigenvalue weighted by Crippen LogP contribution is -2.09. The molecule has 2 heterocycles. The second-order valence-electron chi connectivity index (χ2n) is 3.23. The number of halogens is 1. The summed E-state index contributed by atoms with van der Waals surface area (Å²) in [4.78, 5) is 4.97. The fourth-order valence-corrected chi connectivity index (χ4v) is 2.05. The molecule has 0 aliphatic carbocycles. The van der Waals surface area contributed by atoms with Gasteiger partial charge in [0.25, 0.3) is 0 Å². The standard InChI is InChI=1S/C9H11BrN4/c1-14(2)9-7(10)8(12-13-9)6-3-4-11-5-6/h3-5,11H,1-2H3,(H,12,13). The van der Waals surface area contributed by atoms with Crippen molar-refractivity contribution in [3.63, 3.8) is 0 Å². The summed E-state index contributed by atoms with van der Waals surface area (Å²) in [5, 5.41) is 7.21. The quantitative estimate of drug-likeness (QED) is 0.864. The van der Waals surface area contributed by atoms with Gasteiger partial charge in [-0.15, -0.1) is 0 Å². The molecule has 4 nitrogen and oxygen atoms in total. The van der Waals surface area contributed by atoms with Crippen molar-refractivity contribution in [3.8, 4) is 11.3 Å². The molecule has 14 heavy (non-hydrogen) atoms. The van der Waals surface area contributed by atoms with Crippen LogP contribution in [0.2, 0.25) is 0 Å². The van der Waals surface area contributed by atoms with Crippen molar-refractivity contribution in [2.75, 3.05) is 19.0 Å². The number of aromatic amines is 2. The van der Waals surface area contributed by atoms with Gasteiger partial charge in [0.15, 0.2) is 5.82 Å². The second kappa shape index (κ2) is 3.49. The van der Waals surface area contributed by atoms with Crippen molar-refractivity contribution < 1.29 is 0 Å². The zero-order valence-electron chi connectivity index (χ0n) is 8.00. The molecule has 2 N–H and O–H groups in total. The highest BCUT2D eigenvalue weighted by Gasteiger charge is 2.13. The average molecular weight is 255 g/mol. The number of nitrogens with zero attached hydrogens (tertiary/aromatic N) is 2. The van der Waals surface area contributed by atoms with E-state index in [0.29, 0.717) is 0 Å². The Morgan fingerprint density at radius 1 is 1.43 bits per heavy atom. The Morgan fingerprint density at radius 3 is 2.71 bits per heavy atom. The maximum atomic E-state index is 4.21. The second-order valence-corrected chi connectivity index (χ2v) is 4.02. The van der Waals surface area contributed by atoms with Crippen molar-refractivity contribution in [2.45, 2.75) is 0 Å². The van der Waals surface area contributed by atoms with Crippen LogP contribution in [0.3, 0.4) is 0 Å². The van der Waals surface area contributed by atoms with Crippen molar-refractivity contribution in [2.24, 2.45) is 0 Å². The van der Waals surface area contributed by atoms with Gasteiger partial charge in [-0.05, 0) is 22.0 Å². The van der Waals surface area contributed by atoms with Crippen LogP contribution in [0.5, 0.6) is 0 Å². The van der Waals surface area contributed by atoms with Gasteiger partial charge in [-0.1, -0.05) is 0 Å². The smallest absolute Gasteiger partial charge is 0.164 e. The van der Waals surface area contributed by atoms with Gasteiger partial charge in [0.2, 0.25) is 0 Å². The normalized spacial score (nSPS) is 10.5. The minimum atomic E-state index is 0.904. The monoisotopic (exact) mass is 254 g/mol. The van der Waals surface area contributed by atoms with E-state index >= 15 is 0 Å². The molecule has 0 unspecified atom stereocenters. The van der Waals surface area contributed by atoms with Gasteiger partial charge >= 0.3 is 0 Å². The first-order valence-corrected chi connectivity index (χ1v) is 5.04. The van der Waals surface area contributed by atoms with Crippen LogP contribution < -0.4 is 4.90 Å². The first-order valence-electron chi connectivity index (χ1n) is 4.24. The van der Waals surface area contributed by atoms with Crippen LogP contribution in [0.15, 0.2) is 22.9 Å². The van der Waals surface area contributed by atoms with Crippen molar-refractivity contribution in [1.29, 1.82) is 0 Å². The first kappa shape index (κ1) is 9.33. The topological polar surface area (TPSA) is 47.7 Å². The van der Waals surface area contributed by atoms with Crippen LogP contribution in [0, 0.1) is 0 Å². The fraction of sp³-hybridized carbons (Fsp3) is 0.222. The van der Waals surface area contributed by atoms with Crippen LogP contribution in [-0.2, 0) is 0 Å². The van der Waals surface area contributed by atoms with E-state index in [4.69, 9.17) is 0 Å². The third kappa shape index (κ3) is 1.43. The van der Waals surface area contributed by atoms with Gasteiger partial charge in [0.05, 0.1) is 10.2 Å². The Balaban J connectivity index is 2.47. The Hall–Kier alpha value is -1.23. The molecule has 74 valence electrons. The molecule has 0 aliphatic rings. The molecule has 0 fully saturated rings. The van der Waals surface area contributed by atoms with Crippen LogP contribution >= 0.6 is 15.9 Å². The number of aromatic nitrogens is 3. The predicted molar refractivity (Wildman–Crippen MR) is 60.4 cm³/mol. The summed E-state index contributed by atoms with van der Waals surface area (Å²) in [7, 11) is 3.92. The van der Waals surface area contributed by atoms with E-state index in [1.54, 1.807) is 0 Å². The summed E-state index contributed by atoms with van der Waals surface area (Å²) in [5.74, 6) is 0.904. The molecular formula is C9H11BrN4. The number of hydrogen-bond acceptors (Lipinski definition) is 2. The molecule has 0 bridgehead atoms. The molecule has 0 aromatic carbocycles. The van der Waals surface area contributed by atoms with Crippen molar-refractivity contribution in [1.82, 2.24) is 15.2 Å². The van der Waals surface area contributed by atoms with Gasteiger partial charge in [-0.2, -0.15) is 5.10 Å². The van der Waals surface area contributed by atoms with Gasteiger partial charge in [-0.25, -0.2) is 0 Å². The summed E-state index contributed by atoms with van der Waals surface area (Å²) in [5.41, 5.74) is 2.09. The highest BCUT2D eigenvalue weighted by molar-refractivity contribution is 9.10. The number of hydrogen-bond donors (Lipinski definition) is 2. The molecule has 2 aromatic heterocycles. The SMILES string of the molecule is CN(C)c1n[nH]c(-c2cc[nH]c2)c1Br. The first-order chi connectivity index (χ1) is 6.70. The van der Waals surface area contributed by atoms with Crippen LogP contribution in [-0.4, -0.2) is 29.3 Å². The maximum Gasteiger partial charge on any atom is 0.164 e. The summed E-state index contributed by atoms with van der Waals surface area (Å²) in [6, 6.07) is 2.00. The summed E-state index contributed by atoms with van der Waals surface area (Å²) < 4.78 is 0.988. The summed E-state index contributed by atoms with van der Waals surface area (Å²) in [6.45, 7) is 0. The molecule has 0 amide bonds. The molecule has 0 saturated carbocycles. The fourth-order valence-electron chi connectivity index (χ4n) is 1.29. The molecule has 5 heteroatoms. The van der Waals surface area contributed by atoms with E-state index in [9.17, 15) is 0 Å². The molecule has 2 aromatic rings. The lowest BCUT2D eigenvalue weighted by atomic mass is 10.2. The predicted octanol–water partition coefficient (Wildman–Crippen LogP) is 2.23. The van der Waals surface area contributed by atoms with E-state index in [2.05, 4.69) is 31.1 Å². The molecule has 0 saturated heterocycles. The lowest BCUT2D eigenvalue weighted by Gasteiger charge is -2.07. The highest BCUT2D eigenvalue weighted by atomic mass is 79.9. The highest BCUT2D eigenvalue weighted by Crippen LogP contribution is 2.32. The van der Waals surface area contributed by atoms with Gasteiger partial charge < -0.3 is 9.88 Å². The van der Waals surface area contributed by atoms with E-state index < -0.39 is 0 Å². The summed E-state index contributed by atoms with van der Waals surface area (Å²) >= 11 is 3.52. The molecule has 0 atom stereocenters. The van der Waals surface area contributed by atoms with E-state index in [1.807, 2.05) is 37.5 Å².